The van der Waals surface area contributed by atoms with Crippen molar-refractivity contribution in [1.29, 1.82) is 0 Å². The number of carbonyl (C=O) groups excluding carboxylic acids is 4. The maximum Gasteiger partial charge on any atom is 0.306 e. The van der Waals surface area contributed by atoms with E-state index in [9.17, 15) is 70.5 Å². The van der Waals surface area contributed by atoms with Crippen LogP contribution >= 0.6 is 23.2 Å². The number of halogens is 8. The van der Waals surface area contributed by atoms with E-state index >= 15 is 0 Å². The summed E-state index contributed by atoms with van der Waals surface area (Å²) in [6.45, 7) is 7.96. The zero-order valence-electron chi connectivity index (χ0n) is 54.4. The van der Waals surface area contributed by atoms with E-state index in [0.717, 1.165) is 69.2 Å². The van der Waals surface area contributed by atoms with E-state index in [2.05, 4.69) is 10.6 Å². The van der Waals surface area contributed by atoms with Crippen molar-refractivity contribution in [2.75, 3.05) is 101 Å². The molecule has 22 nitrogen and oxygen atoms in total. The van der Waals surface area contributed by atoms with E-state index in [4.69, 9.17) is 68.2 Å². The van der Waals surface area contributed by atoms with Crippen molar-refractivity contribution in [1.82, 2.24) is 0 Å². The lowest BCUT2D eigenvalue weighted by atomic mass is 9.98. The van der Waals surface area contributed by atoms with Gasteiger partial charge < -0.3 is 55.6 Å². The Labute approximate surface area is 582 Å². The first-order chi connectivity index (χ1) is 47.9. The Morgan fingerprint density at radius 1 is 0.400 bits per heavy atom. The van der Waals surface area contributed by atoms with E-state index in [1.165, 1.54) is 91.7 Å². The molecular formula is C70H78Cl2F6N6O16. The molecule has 0 unspecified atom stereocenters. The molecule has 2 amide bonds. The number of hydrogen-bond donors (Lipinski definition) is 5. The monoisotopic (exact) mass is 1440 g/mol. The molecule has 6 saturated heterocycles. The molecule has 6 aromatic rings. The van der Waals surface area contributed by atoms with Crippen molar-refractivity contribution >= 4 is 85.6 Å². The van der Waals surface area contributed by atoms with Crippen molar-refractivity contribution in [3.63, 3.8) is 0 Å². The van der Waals surface area contributed by atoms with Crippen LogP contribution in [0.2, 0.25) is 0 Å². The molecular weight excluding hydrogens is 1370 g/mol. The predicted octanol–water partition coefficient (Wildman–Crippen LogP) is 14.3. The molecule has 0 spiro atoms. The quantitative estimate of drug-likeness (QED) is 0.0250. The fraction of sp³-hybridized carbons (Fsp3) is 0.414. The minimum absolute atomic E-state index is 0.0397. The van der Waals surface area contributed by atoms with Crippen molar-refractivity contribution in [2.24, 2.45) is 29.6 Å². The van der Waals surface area contributed by atoms with Crippen LogP contribution < -0.4 is 22.1 Å². The lowest BCUT2D eigenvalue weighted by Crippen LogP contribution is -2.28. The molecule has 30 heteroatoms. The van der Waals surface area contributed by atoms with Gasteiger partial charge in [-0.1, -0.05) is 36.4 Å². The number of rotatable bonds is 12. The number of carboxylic acids is 1. The smallest absolute Gasteiger partial charge is 0.306 e. The van der Waals surface area contributed by atoms with E-state index in [-0.39, 0.29) is 85.6 Å². The number of anilines is 4. The van der Waals surface area contributed by atoms with E-state index in [1.807, 2.05) is 0 Å². The molecule has 12 rings (SSSR count). The van der Waals surface area contributed by atoms with E-state index in [1.54, 1.807) is 0 Å². The van der Waals surface area contributed by atoms with Gasteiger partial charge in [-0.05, 0) is 178 Å². The molecule has 0 saturated carbocycles. The topological polar surface area (TPSA) is 323 Å². The number of nitrogens with two attached hydrogens (primary N) is 2. The minimum Gasteiger partial charge on any atom is -0.481 e. The first kappa shape index (κ1) is 80.4. The first-order valence-electron chi connectivity index (χ1n) is 32.2. The number of aliphatic carboxylic acids is 1. The summed E-state index contributed by atoms with van der Waals surface area (Å²) in [5, 5.41) is 35.2. The number of nitrogens with zero attached hydrogens (tertiary/aromatic N) is 2. The summed E-state index contributed by atoms with van der Waals surface area (Å²) in [5.41, 5.74) is 12.2. The number of nitrogen functional groups attached to an aromatic ring is 2. The van der Waals surface area contributed by atoms with Crippen molar-refractivity contribution in [3.8, 4) is 33.4 Å². The molecule has 100 heavy (non-hydrogen) atoms. The van der Waals surface area contributed by atoms with Crippen LogP contribution in [0.25, 0.3) is 33.4 Å². The molecule has 0 radical (unpaired) electrons. The Morgan fingerprint density at radius 2 is 0.690 bits per heavy atom. The van der Waals surface area contributed by atoms with Gasteiger partial charge in [0.05, 0.1) is 39.3 Å². The van der Waals surface area contributed by atoms with Gasteiger partial charge in [0, 0.05) is 120 Å². The third-order valence-electron chi connectivity index (χ3n) is 16.4. The predicted molar refractivity (Wildman–Crippen MR) is 362 cm³/mol. The van der Waals surface area contributed by atoms with Crippen LogP contribution in [0.4, 0.5) is 60.5 Å². The van der Waals surface area contributed by atoms with Crippen LogP contribution in [0.15, 0.2) is 109 Å². The van der Waals surface area contributed by atoms with Gasteiger partial charge in [-0.15, -0.1) is 0 Å². The number of benzene rings is 6. The molecule has 6 aliphatic heterocycles. The third kappa shape index (κ3) is 26.5. The van der Waals surface area contributed by atoms with Crippen LogP contribution in [0.5, 0.6) is 0 Å². The van der Waals surface area contributed by atoms with Gasteiger partial charge in [0.25, 0.3) is 11.4 Å². The number of nitro benzene ring substituents is 2. The van der Waals surface area contributed by atoms with Gasteiger partial charge in [-0.3, -0.25) is 44.2 Å². The van der Waals surface area contributed by atoms with Gasteiger partial charge in [0.1, 0.15) is 46.3 Å². The number of nitro groups is 2. The molecule has 540 valence electrons. The molecule has 0 aliphatic carbocycles. The number of ether oxygens (including phenoxy) is 6. The van der Waals surface area contributed by atoms with E-state index < -0.39 is 62.1 Å². The summed E-state index contributed by atoms with van der Waals surface area (Å²) in [7, 11) is 0. The Kier molecular flexibility index (Phi) is 33.6. The average molecular weight is 1440 g/mol. The molecule has 6 heterocycles. The number of amides is 2. The van der Waals surface area contributed by atoms with E-state index in [0.29, 0.717) is 127 Å². The average Bonchev–Trinajstić information content (AvgIpc) is 0.839. The lowest BCUT2D eigenvalue weighted by Gasteiger charge is -2.22. The van der Waals surface area contributed by atoms with Crippen molar-refractivity contribution in [3.05, 3.63) is 164 Å². The summed E-state index contributed by atoms with van der Waals surface area (Å²) in [6, 6.07) is 22.2. The molecule has 7 N–H and O–H groups in total. The lowest BCUT2D eigenvalue weighted by molar-refractivity contribution is -0.384. The highest BCUT2D eigenvalue weighted by atomic mass is 35.5. The second kappa shape index (κ2) is 41.8. The van der Waals surface area contributed by atoms with Gasteiger partial charge in [0.15, 0.2) is 0 Å². The highest BCUT2D eigenvalue weighted by molar-refractivity contribution is 6.64. The third-order valence-corrected chi connectivity index (χ3v) is 17.0. The number of carbonyl (C=O) groups is 5. The number of nitrogens with one attached hydrogen (secondary N) is 2. The highest BCUT2D eigenvalue weighted by Gasteiger charge is 2.28. The molecule has 6 aromatic carbocycles. The maximum atomic E-state index is 14.3. The van der Waals surface area contributed by atoms with Crippen molar-refractivity contribution in [2.45, 2.75) is 77.0 Å². The van der Waals surface area contributed by atoms with Crippen LogP contribution in [-0.4, -0.2) is 123 Å². The Balaban J connectivity index is 0.000000195. The summed E-state index contributed by atoms with van der Waals surface area (Å²) >= 11 is 10.5. The van der Waals surface area contributed by atoms with Crippen LogP contribution in [0.1, 0.15) is 77.0 Å². The molecule has 6 fully saturated rings. The largest absolute Gasteiger partial charge is 0.481 e. The number of hydrogen-bond acceptors (Lipinski definition) is 17. The van der Waals surface area contributed by atoms with Gasteiger partial charge in [-0.25, -0.2) is 26.3 Å². The maximum absolute atomic E-state index is 14.3. The Bertz CT molecular complexity index is 3590. The standard InChI is InChI=1S/C18H16F2N2O4.C18H18F2N2O2.C12H8F2N2O2.2C6H9ClO2.C6H10O3.C4H8O/c19-13-3-1-11(2-4-13)14-9-16(17(22(24)25)10-15(14)20)21-18(23)12-5-7-26-8-6-12;19-13-3-1-11(2-4-13)14-9-17(16(21)10-15(14)20)22-18(23)12-5-7-24-8-6-12;13-8-3-1-7(2-4-8)9-5-11(15)12(16(17)18)6-10(9)14;3*7-6(8)5-1-3-9-4-2-5;1-2-4-5-3-1/h1-4,9-10,12H,5-8H2,(H,21,23);1-4,9-10,12H,5-8,21H2,(H,22,23);1-6H,15H2;2*5H,1-4H2;5H,1-4H2,(H,7,8);1-4H2. The van der Waals surface area contributed by atoms with Gasteiger partial charge in [0.2, 0.25) is 22.3 Å². The van der Waals surface area contributed by atoms with Crippen molar-refractivity contribution < 1.29 is 93.7 Å². The highest BCUT2D eigenvalue weighted by Crippen LogP contribution is 2.36. The molecule has 0 bridgehead atoms. The molecule has 6 aliphatic rings. The minimum atomic E-state index is -0.827. The summed E-state index contributed by atoms with van der Waals surface area (Å²) in [6.07, 6.45) is 9.42. The Hall–Kier alpha value is -8.61. The van der Waals surface area contributed by atoms with Crippen LogP contribution in [0.3, 0.4) is 0 Å². The molecule has 0 aromatic heterocycles. The number of carboxylic acid groups (broad SMARTS) is 1. The normalized spacial score (nSPS) is 16.5. The first-order valence-corrected chi connectivity index (χ1v) is 32.9. The second-order valence-electron chi connectivity index (χ2n) is 23.4. The zero-order chi connectivity index (χ0) is 72.7. The van der Waals surface area contributed by atoms with Crippen LogP contribution in [0, 0.1) is 84.7 Å². The van der Waals surface area contributed by atoms with Gasteiger partial charge >= 0.3 is 5.97 Å². The fourth-order valence-corrected chi connectivity index (χ4v) is 10.9. The molecule has 0 atom stereocenters. The summed E-state index contributed by atoms with van der Waals surface area (Å²) < 4.78 is 112. The Morgan fingerprint density at radius 3 is 0.990 bits per heavy atom. The fourth-order valence-electron chi connectivity index (χ4n) is 10.5. The van der Waals surface area contributed by atoms with Crippen LogP contribution in [-0.2, 0) is 52.4 Å². The second-order valence-corrected chi connectivity index (χ2v) is 24.1. The zero-order valence-corrected chi connectivity index (χ0v) is 55.9. The van der Waals surface area contributed by atoms with Gasteiger partial charge in [-0.2, -0.15) is 0 Å². The SMILES string of the molecule is C1CCOC1.Nc1cc(-c2ccc(F)cc2)c(F)cc1[N+](=O)[O-].Nc1cc(F)c(-c2ccc(F)cc2)cc1NC(=O)C1CCOCC1.O=C(Cl)C1CCOCC1.O=C(Cl)C1CCOCC1.O=C(Nc1cc(-c2ccc(F)cc2)c(F)cc1[N+](=O)[O-])C1CCOCC1.O=C(O)C1CCOCC1. The summed E-state index contributed by atoms with van der Waals surface area (Å²) in [5.74, 6) is -5.16. The summed E-state index contributed by atoms with van der Waals surface area (Å²) in [4.78, 5) is 76.3.